The molecule has 0 aliphatic heterocycles. The van der Waals surface area contributed by atoms with E-state index in [9.17, 15) is 34.8 Å². The molecule has 7 atom stereocenters. The number of hydrogen-bond acceptors (Lipinski definition) is 8. The van der Waals surface area contributed by atoms with Gasteiger partial charge in [0.1, 0.15) is 24.0 Å². The Labute approximate surface area is 235 Å². The van der Waals surface area contributed by atoms with Crippen LogP contribution in [0.1, 0.15) is 52.5 Å². The molecule has 0 heterocycles. The number of methoxy groups -OCH3 is 2. The zero-order valence-electron chi connectivity index (χ0n) is 23.4. The molecule has 1 amide bonds. The number of aliphatic carboxylic acids is 1. The van der Waals surface area contributed by atoms with Gasteiger partial charge in [0.2, 0.25) is 0 Å². The molecule has 0 aliphatic carbocycles. The van der Waals surface area contributed by atoms with Crippen molar-refractivity contribution in [3.05, 3.63) is 40.4 Å². The second kappa shape index (κ2) is 16.6. The van der Waals surface area contributed by atoms with Gasteiger partial charge >= 0.3 is 5.97 Å². The van der Waals surface area contributed by atoms with Crippen LogP contribution in [0.25, 0.3) is 0 Å². The monoisotopic (exact) mass is 571 g/mol. The minimum atomic E-state index is -1.59. The SMILES string of the molecule is CCCC[C@@H](C)[C@H](O)[C@H](C)C(=O)/C(C)=C/[C@@H](OC)[C@@H](O)[C@@H](OC)C(=O)N[C@@H](Cc1ccc(O)c(Cl)c1)C(=O)O. The van der Waals surface area contributed by atoms with Crippen molar-refractivity contribution in [3.8, 4) is 5.75 Å². The normalized spacial score (nSPS) is 17.4. The predicted molar refractivity (Wildman–Crippen MR) is 147 cm³/mol. The van der Waals surface area contributed by atoms with E-state index < -0.39 is 48.3 Å². The zero-order chi connectivity index (χ0) is 29.9. The van der Waals surface area contributed by atoms with E-state index in [1.807, 2.05) is 6.92 Å². The fourth-order valence-electron chi connectivity index (χ4n) is 4.28. The highest BCUT2D eigenvalue weighted by Gasteiger charge is 2.35. The number of amides is 1. The second-order valence-corrected chi connectivity index (χ2v) is 10.3. The molecule has 0 fully saturated rings. The summed E-state index contributed by atoms with van der Waals surface area (Å²) in [7, 11) is 2.46. The molecule has 1 rings (SSSR count). The van der Waals surface area contributed by atoms with E-state index in [0.29, 0.717) is 5.56 Å². The highest BCUT2D eigenvalue weighted by Crippen LogP contribution is 2.25. The number of benzene rings is 1. The van der Waals surface area contributed by atoms with Gasteiger partial charge in [0.15, 0.2) is 11.9 Å². The molecular weight excluding hydrogens is 530 g/mol. The lowest BCUT2D eigenvalue weighted by Crippen LogP contribution is -2.53. The number of nitrogens with one attached hydrogen (secondary N) is 1. The van der Waals surface area contributed by atoms with E-state index in [1.165, 1.54) is 45.4 Å². The third-order valence-corrected chi connectivity index (χ3v) is 7.13. The topological polar surface area (TPSA) is 163 Å². The predicted octanol–water partition coefficient (Wildman–Crippen LogP) is 2.89. The van der Waals surface area contributed by atoms with Gasteiger partial charge in [-0.15, -0.1) is 0 Å². The van der Waals surface area contributed by atoms with Crippen molar-refractivity contribution in [1.29, 1.82) is 0 Å². The largest absolute Gasteiger partial charge is 0.506 e. The zero-order valence-corrected chi connectivity index (χ0v) is 24.1. The third-order valence-electron chi connectivity index (χ3n) is 6.82. The van der Waals surface area contributed by atoms with Gasteiger partial charge in [0.25, 0.3) is 5.91 Å². The van der Waals surface area contributed by atoms with Crippen LogP contribution < -0.4 is 5.32 Å². The lowest BCUT2D eigenvalue weighted by Gasteiger charge is -2.28. The molecule has 0 bridgehead atoms. The molecule has 220 valence electrons. The van der Waals surface area contributed by atoms with Crippen LogP contribution in [0.3, 0.4) is 0 Å². The number of carboxylic acid groups (broad SMARTS) is 1. The van der Waals surface area contributed by atoms with Gasteiger partial charge in [-0.05, 0) is 48.6 Å². The number of ether oxygens (including phenoxy) is 2. The Kier molecular flexibility index (Phi) is 14.7. The number of aliphatic hydroxyl groups excluding tert-OH is 2. The summed E-state index contributed by atoms with van der Waals surface area (Å²) in [5.74, 6) is -3.48. The van der Waals surface area contributed by atoms with Crippen molar-refractivity contribution in [3.63, 3.8) is 0 Å². The van der Waals surface area contributed by atoms with Crippen LogP contribution in [0.15, 0.2) is 29.8 Å². The van der Waals surface area contributed by atoms with E-state index in [0.717, 1.165) is 19.3 Å². The molecule has 39 heavy (non-hydrogen) atoms. The summed E-state index contributed by atoms with van der Waals surface area (Å²) in [4.78, 5) is 37.7. The van der Waals surface area contributed by atoms with Gasteiger partial charge < -0.3 is 35.2 Å². The molecule has 0 aliphatic rings. The fourth-order valence-corrected chi connectivity index (χ4v) is 4.48. The Morgan fingerprint density at radius 1 is 1.10 bits per heavy atom. The standard InChI is InChI=1S/C28H42ClNO9/c1-7-8-9-15(2)23(32)17(4)24(33)16(3)12-22(38-5)25(34)26(39-6)27(35)30-20(28(36)37)14-18-10-11-21(31)19(29)13-18/h10-13,15,17,20,22-23,25-26,31-32,34H,7-9,14H2,1-6H3,(H,30,35)(H,36,37)/b16-12+/t15-,17+,20+,22-,23+,25-,26-/m1/s1. The molecule has 0 unspecified atom stereocenters. The van der Waals surface area contributed by atoms with Crippen molar-refractivity contribution in [2.45, 2.75) is 83.8 Å². The Morgan fingerprint density at radius 3 is 2.26 bits per heavy atom. The van der Waals surface area contributed by atoms with E-state index in [4.69, 9.17) is 21.1 Å². The number of unbranched alkanes of at least 4 members (excludes halogenated alkanes) is 1. The van der Waals surface area contributed by atoms with Crippen molar-refractivity contribution in [1.82, 2.24) is 5.32 Å². The smallest absolute Gasteiger partial charge is 0.326 e. The van der Waals surface area contributed by atoms with E-state index in [2.05, 4.69) is 12.2 Å². The van der Waals surface area contributed by atoms with Crippen LogP contribution in [0.2, 0.25) is 5.02 Å². The number of halogens is 1. The molecule has 0 saturated heterocycles. The maximum atomic E-state index is 13.0. The molecule has 10 nitrogen and oxygen atoms in total. The van der Waals surface area contributed by atoms with Crippen LogP contribution in [0.4, 0.5) is 0 Å². The van der Waals surface area contributed by atoms with Crippen molar-refractivity contribution >= 4 is 29.3 Å². The number of carbonyl (C=O) groups is 3. The number of ketones is 1. The summed E-state index contributed by atoms with van der Waals surface area (Å²) in [6, 6.07) is 2.78. The number of Topliss-reactive ketones (excluding diaryl/α,β-unsaturated/α-hetero) is 1. The van der Waals surface area contributed by atoms with Gasteiger partial charge in [-0.2, -0.15) is 0 Å². The summed E-state index contributed by atoms with van der Waals surface area (Å²) in [5, 5.41) is 43.1. The van der Waals surface area contributed by atoms with E-state index in [-0.39, 0.29) is 34.5 Å². The van der Waals surface area contributed by atoms with Gasteiger partial charge in [0.05, 0.1) is 11.1 Å². The average molecular weight is 572 g/mol. The maximum absolute atomic E-state index is 13.0. The summed E-state index contributed by atoms with van der Waals surface area (Å²) >= 11 is 5.89. The first-order valence-corrected chi connectivity index (χ1v) is 13.3. The van der Waals surface area contributed by atoms with E-state index >= 15 is 0 Å². The number of allylic oxidation sites excluding steroid dienone is 1. The highest BCUT2D eigenvalue weighted by atomic mass is 35.5. The lowest BCUT2D eigenvalue weighted by molar-refractivity contribution is -0.149. The Bertz CT molecular complexity index is 999. The number of hydrogen-bond donors (Lipinski definition) is 5. The number of aromatic hydroxyl groups is 1. The Hall–Kier alpha value is -2.50. The number of rotatable bonds is 17. The number of aliphatic hydroxyl groups is 2. The quantitative estimate of drug-likeness (QED) is 0.177. The van der Waals surface area contributed by atoms with Crippen LogP contribution in [-0.4, -0.2) is 82.8 Å². The van der Waals surface area contributed by atoms with Crippen LogP contribution in [0, 0.1) is 11.8 Å². The van der Waals surface area contributed by atoms with Gasteiger partial charge in [-0.25, -0.2) is 4.79 Å². The molecule has 11 heteroatoms. The Balaban J connectivity index is 3.01. The van der Waals surface area contributed by atoms with Gasteiger partial charge in [0, 0.05) is 26.6 Å². The number of phenolic OH excluding ortho intramolecular Hbond substituents is 1. The summed E-state index contributed by atoms with van der Waals surface area (Å²) in [6.45, 7) is 7.13. The first-order chi connectivity index (χ1) is 18.3. The fraction of sp³-hybridized carbons (Fsp3) is 0.607. The molecule has 1 aromatic carbocycles. The van der Waals surface area contributed by atoms with Gasteiger partial charge in [-0.3, -0.25) is 9.59 Å². The van der Waals surface area contributed by atoms with Crippen molar-refractivity contribution in [2.24, 2.45) is 11.8 Å². The van der Waals surface area contributed by atoms with Crippen LogP contribution in [-0.2, 0) is 30.3 Å². The Morgan fingerprint density at radius 2 is 1.74 bits per heavy atom. The van der Waals surface area contributed by atoms with Crippen LogP contribution >= 0.6 is 11.6 Å². The first-order valence-electron chi connectivity index (χ1n) is 12.9. The van der Waals surface area contributed by atoms with Crippen molar-refractivity contribution < 1.29 is 44.3 Å². The number of phenols is 1. The third kappa shape index (κ3) is 10.2. The highest BCUT2D eigenvalue weighted by molar-refractivity contribution is 6.32. The molecule has 5 N–H and O–H groups in total. The van der Waals surface area contributed by atoms with Crippen molar-refractivity contribution in [2.75, 3.05) is 14.2 Å². The summed E-state index contributed by atoms with van der Waals surface area (Å²) < 4.78 is 10.5. The first kappa shape index (κ1) is 34.5. The van der Waals surface area contributed by atoms with Crippen LogP contribution in [0.5, 0.6) is 5.75 Å². The number of carboxylic acids is 1. The molecule has 0 aromatic heterocycles. The second-order valence-electron chi connectivity index (χ2n) is 9.85. The minimum Gasteiger partial charge on any atom is -0.506 e. The maximum Gasteiger partial charge on any atom is 0.326 e. The molecular formula is C28H42ClNO9. The lowest BCUT2D eigenvalue weighted by atomic mass is 9.85. The summed E-state index contributed by atoms with van der Waals surface area (Å²) in [6.07, 6.45) is -1.18. The molecule has 0 spiro atoms. The number of carbonyl (C=O) groups excluding carboxylic acids is 2. The summed E-state index contributed by atoms with van der Waals surface area (Å²) in [5.41, 5.74) is 0.685. The average Bonchev–Trinajstić information content (AvgIpc) is 2.90. The molecule has 0 saturated carbocycles. The molecule has 1 aromatic rings. The van der Waals surface area contributed by atoms with E-state index in [1.54, 1.807) is 6.92 Å². The minimum absolute atomic E-state index is 0.0325. The van der Waals surface area contributed by atoms with Gasteiger partial charge in [-0.1, -0.05) is 51.3 Å². The molecule has 0 radical (unpaired) electrons.